The van der Waals surface area contributed by atoms with Crippen molar-refractivity contribution in [3.63, 3.8) is 0 Å². The highest BCUT2D eigenvalue weighted by Gasteiger charge is 2.28. The van der Waals surface area contributed by atoms with Crippen LogP contribution in [0.25, 0.3) is 11.0 Å². The van der Waals surface area contributed by atoms with Crippen molar-refractivity contribution in [1.82, 2.24) is 14.9 Å². The Labute approximate surface area is 162 Å². The average Bonchev–Trinajstić information content (AvgIpc) is 3.10. The molecule has 7 heteroatoms. The van der Waals surface area contributed by atoms with Crippen molar-refractivity contribution in [2.45, 2.75) is 32.6 Å². The Morgan fingerprint density at radius 2 is 1.96 bits per heavy atom. The summed E-state index contributed by atoms with van der Waals surface area (Å²) in [6.45, 7) is 4.91. The third kappa shape index (κ3) is 3.24. The molecule has 2 heterocycles. The van der Waals surface area contributed by atoms with E-state index in [1.165, 1.54) is 11.6 Å². The summed E-state index contributed by atoms with van der Waals surface area (Å²) in [6, 6.07) is 10.8. The van der Waals surface area contributed by atoms with Crippen LogP contribution in [0, 0.1) is 24.0 Å². The number of carbonyl (C=O) groups is 1. The Morgan fingerprint density at radius 1 is 1.21 bits per heavy atom. The second kappa shape index (κ2) is 7.07. The molecule has 144 valence electrons. The summed E-state index contributed by atoms with van der Waals surface area (Å²) in [7, 11) is 0. The number of aromatic nitrogens is 2. The summed E-state index contributed by atoms with van der Waals surface area (Å²) < 4.78 is 0. The smallest absolute Gasteiger partial charge is 0.273 e. The van der Waals surface area contributed by atoms with Crippen molar-refractivity contribution < 1.29 is 9.72 Å². The zero-order valence-electron chi connectivity index (χ0n) is 15.9. The van der Waals surface area contributed by atoms with Gasteiger partial charge in [0.2, 0.25) is 0 Å². The molecule has 0 aliphatic carbocycles. The van der Waals surface area contributed by atoms with Gasteiger partial charge in [-0.1, -0.05) is 12.1 Å². The maximum Gasteiger partial charge on any atom is 0.273 e. The van der Waals surface area contributed by atoms with Gasteiger partial charge in [0.25, 0.3) is 11.6 Å². The molecule has 0 bridgehead atoms. The molecule has 28 heavy (non-hydrogen) atoms. The van der Waals surface area contributed by atoms with E-state index in [2.05, 4.69) is 24.0 Å². The zero-order chi connectivity index (χ0) is 19.8. The van der Waals surface area contributed by atoms with E-state index in [1.54, 1.807) is 24.0 Å². The van der Waals surface area contributed by atoms with E-state index in [4.69, 9.17) is 4.98 Å². The van der Waals surface area contributed by atoms with Crippen LogP contribution in [-0.2, 0) is 0 Å². The molecular formula is C21H22N4O3. The van der Waals surface area contributed by atoms with Gasteiger partial charge in [0.05, 0.1) is 16.0 Å². The molecule has 0 spiro atoms. The van der Waals surface area contributed by atoms with Crippen LogP contribution in [0.3, 0.4) is 0 Å². The summed E-state index contributed by atoms with van der Waals surface area (Å²) >= 11 is 0. The third-order valence-corrected chi connectivity index (χ3v) is 5.56. The molecule has 0 saturated carbocycles. The minimum Gasteiger partial charge on any atom is -0.342 e. The molecule has 0 unspecified atom stereocenters. The lowest BCUT2D eigenvalue weighted by Crippen LogP contribution is -2.38. The molecule has 2 aromatic carbocycles. The maximum absolute atomic E-state index is 12.9. The van der Waals surface area contributed by atoms with Crippen LogP contribution in [0.5, 0.6) is 0 Å². The molecule has 1 aliphatic rings. The van der Waals surface area contributed by atoms with Crippen LogP contribution in [0.1, 0.15) is 46.1 Å². The highest BCUT2D eigenvalue weighted by Crippen LogP contribution is 2.30. The number of nitrogens with one attached hydrogen (secondary N) is 1. The van der Waals surface area contributed by atoms with E-state index in [-0.39, 0.29) is 17.5 Å². The van der Waals surface area contributed by atoms with Gasteiger partial charge in [0, 0.05) is 36.2 Å². The second-order valence-corrected chi connectivity index (χ2v) is 7.42. The SMILES string of the molecule is Cc1ccc2nc(C3CCN(C(=O)c4cccc([N+](=O)[O-])c4C)CC3)[nH]c2c1. The van der Waals surface area contributed by atoms with Crippen LogP contribution in [-0.4, -0.2) is 38.8 Å². The second-order valence-electron chi connectivity index (χ2n) is 7.42. The molecule has 0 atom stereocenters. The van der Waals surface area contributed by atoms with Crippen molar-refractivity contribution in [2.24, 2.45) is 0 Å². The molecule has 1 aromatic heterocycles. The van der Waals surface area contributed by atoms with Crippen molar-refractivity contribution in [3.05, 3.63) is 69.0 Å². The molecule has 3 aromatic rings. The van der Waals surface area contributed by atoms with E-state index in [0.29, 0.717) is 24.2 Å². The van der Waals surface area contributed by atoms with Crippen molar-refractivity contribution in [3.8, 4) is 0 Å². The fourth-order valence-electron chi connectivity index (χ4n) is 3.92. The molecule has 1 fully saturated rings. The van der Waals surface area contributed by atoms with E-state index < -0.39 is 4.92 Å². The van der Waals surface area contributed by atoms with Gasteiger partial charge in [0.15, 0.2) is 0 Å². The maximum atomic E-state index is 12.9. The Balaban J connectivity index is 1.48. The number of imidazole rings is 1. The number of H-pyrrole nitrogens is 1. The first-order chi connectivity index (χ1) is 13.4. The van der Waals surface area contributed by atoms with Gasteiger partial charge < -0.3 is 9.88 Å². The topological polar surface area (TPSA) is 92.1 Å². The Bertz CT molecular complexity index is 1060. The minimum absolute atomic E-state index is 0.0155. The molecule has 1 N–H and O–H groups in total. The number of carbonyl (C=O) groups excluding carboxylic acids is 1. The fourth-order valence-corrected chi connectivity index (χ4v) is 3.92. The lowest BCUT2D eigenvalue weighted by molar-refractivity contribution is -0.385. The largest absolute Gasteiger partial charge is 0.342 e. The highest BCUT2D eigenvalue weighted by molar-refractivity contribution is 5.96. The van der Waals surface area contributed by atoms with E-state index in [0.717, 1.165) is 29.7 Å². The summed E-state index contributed by atoms with van der Waals surface area (Å²) in [5.74, 6) is 1.11. The predicted octanol–water partition coefficient (Wildman–Crippen LogP) is 4.11. The number of nitrogens with zero attached hydrogens (tertiary/aromatic N) is 3. The lowest BCUT2D eigenvalue weighted by Gasteiger charge is -2.31. The number of amides is 1. The molecule has 1 aliphatic heterocycles. The number of benzene rings is 2. The minimum atomic E-state index is -0.443. The molecule has 4 rings (SSSR count). The van der Waals surface area contributed by atoms with Crippen molar-refractivity contribution in [1.29, 1.82) is 0 Å². The number of aromatic amines is 1. The van der Waals surface area contributed by atoms with Crippen LogP contribution in [0.4, 0.5) is 5.69 Å². The molecule has 7 nitrogen and oxygen atoms in total. The lowest BCUT2D eigenvalue weighted by atomic mass is 9.95. The Hall–Kier alpha value is -3.22. The van der Waals surface area contributed by atoms with Gasteiger partial charge >= 0.3 is 0 Å². The van der Waals surface area contributed by atoms with Gasteiger partial charge in [-0.05, 0) is 50.5 Å². The van der Waals surface area contributed by atoms with E-state index in [9.17, 15) is 14.9 Å². The van der Waals surface area contributed by atoms with E-state index >= 15 is 0 Å². The number of nitro benzene ring substituents is 1. The first-order valence-corrected chi connectivity index (χ1v) is 9.43. The zero-order valence-corrected chi connectivity index (χ0v) is 15.9. The quantitative estimate of drug-likeness (QED) is 0.548. The normalized spacial score (nSPS) is 15.1. The third-order valence-electron chi connectivity index (χ3n) is 5.56. The number of piperidine rings is 1. The number of likely N-dealkylation sites (tertiary alicyclic amines) is 1. The van der Waals surface area contributed by atoms with Gasteiger partial charge in [-0.15, -0.1) is 0 Å². The van der Waals surface area contributed by atoms with Gasteiger partial charge in [-0.25, -0.2) is 4.98 Å². The van der Waals surface area contributed by atoms with Gasteiger partial charge in [0.1, 0.15) is 5.82 Å². The summed E-state index contributed by atoms with van der Waals surface area (Å²) in [5.41, 5.74) is 4.01. The first kappa shape index (κ1) is 18.2. The van der Waals surface area contributed by atoms with Gasteiger partial charge in [-0.3, -0.25) is 14.9 Å². The van der Waals surface area contributed by atoms with Crippen molar-refractivity contribution >= 4 is 22.6 Å². The monoisotopic (exact) mass is 378 g/mol. The highest BCUT2D eigenvalue weighted by atomic mass is 16.6. The first-order valence-electron chi connectivity index (χ1n) is 9.43. The van der Waals surface area contributed by atoms with Gasteiger partial charge in [-0.2, -0.15) is 0 Å². The number of hydrogen-bond acceptors (Lipinski definition) is 4. The number of fused-ring (bicyclic) bond motifs is 1. The number of rotatable bonds is 3. The summed E-state index contributed by atoms with van der Waals surface area (Å²) in [5, 5.41) is 11.1. The van der Waals surface area contributed by atoms with Crippen molar-refractivity contribution in [2.75, 3.05) is 13.1 Å². The van der Waals surface area contributed by atoms with E-state index in [1.807, 2.05) is 6.07 Å². The number of aryl methyl sites for hydroxylation is 1. The molecule has 1 saturated heterocycles. The standard InChI is InChI=1S/C21H22N4O3/c1-13-6-7-17-18(12-13)23-20(22-17)15-8-10-24(11-9-15)21(26)16-4-3-5-19(14(16)2)25(27)28/h3-7,12,15H,8-11H2,1-2H3,(H,22,23). The summed E-state index contributed by atoms with van der Waals surface area (Å²) in [6.07, 6.45) is 1.64. The fraction of sp³-hybridized carbons (Fsp3) is 0.333. The Kier molecular flexibility index (Phi) is 4.58. The van der Waals surface area contributed by atoms with Crippen LogP contribution < -0.4 is 0 Å². The number of hydrogen-bond donors (Lipinski definition) is 1. The predicted molar refractivity (Wildman–Crippen MR) is 107 cm³/mol. The summed E-state index contributed by atoms with van der Waals surface area (Å²) in [4.78, 5) is 33.5. The Morgan fingerprint density at radius 3 is 2.68 bits per heavy atom. The van der Waals surface area contributed by atoms with Crippen LogP contribution in [0.15, 0.2) is 36.4 Å². The molecule has 0 radical (unpaired) electrons. The molecular weight excluding hydrogens is 356 g/mol. The average molecular weight is 378 g/mol. The van der Waals surface area contributed by atoms with Crippen LogP contribution >= 0.6 is 0 Å². The van der Waals surface area contributed by atoms with Crippen LogP contribution in [0.2, 0.25) is 0 Å². The number of nitro groups is 1. The molecule has 1 amide bonds.